The van der Waals surface area contributed by atoms with Crippen molar-refractivity contribution >= 4 is 17.3 Å². The second-order valence-corrected chi connectivity index (χ2v) is 13.8. The van der Waals surface area contributed by atoms with Crippen molar-refractivity contribution < 1.29 is 14.3 Å². The molecule has 6 rings (SSSR count). The molecule has 1 spiro atoms. The number of carbonyl (C=O) groups excluding carboxylic acids is 1. The van der Waals surface area contributed by atoms with E-state index in [0.29, 0.717) is 23.2 Å². The zero-order chi connectivity index (χ0) is 32.6. The van der Waals surface area contributed by atoms with Crippen molar-refractivity contribution in [3.05, 3.63) is 80.3 Å². The topological polar surface area (TPSA) is 86.9 Å². The van der Waals surface area contributed by atoms with E-state index >= 15 is 0 Å². The number of aromatic amines is 1. The molecule has 0 atom stereocenters. The number of fused-ring (bicyclic) bond motifs is 2. The summed E-state index contributed by atoms with van der Waals surface area (Å²) >= 11 is 0. The summed E-state index contributed by atoms with van der Waals surface area (Å²) in [6.45, 7) is 17.7. The van der Waals surface area contributed by atoms with E-state index < -0.39 is 0 Å². The van der Waals surface area contributed by atoms with Crippen LogP contribution in [0.4, 0.5) is 11.4 Å². The molecule has 8 heteroatoms. The number of nitrogens with one attached hydrogen (secondary N) is 2. The SMILES string of the molecule is CCN(c1cc(-c2ccc3c(c2)N(C(C)C)CC32CCOCC2)cc(C(=O)NCc2c(C)cc(C)[nH]c2=O)c1C)C1CCOCC1. The molecule has 2 aromatic carbocycles. The van der Waals surface area contributed by atoms with Gasteiger partial charge in [-0.25, -0.2) is 0 Å². The van der Waals surface area contributed by atoms with Crippen molar-refractivity contribution in [3.8, 4) is 11.1 Å². The van der Waals surface area contributed by atoms with Crippen molar-refractivity contribution in [2.75, 3.05) is 49.3 Å². The molecule has 1 amide bonds. The minimum absolute atomic E-state index is 0.133. The van der Waals surface area contributed by atoms with Gasteiger partial charge < -0.3 is 29.6 Å². The zero-order valence-corrected chi connectivity index (χ0v) is 28.4. The number of aryl methyl sites for hydroxylation is 2. The zero-order valence-electron chi connectivity index (χ0n) is 28.4. The molecule has 3 aliphatic rings. The molecule has 46 heavy (non-hydrogen) atoms. The van der Waals surface area contributed by atoms with Crippen LogP contribution in [0.25, 0.3) is 11.1 Å². The van der Waals surface area contributed by atoms with Gasteiger partial charge in [-0.15, -0.1) is 0 Å². The highest BCUT2D eigenvalue weighted by atomic mass is 16.5. The first kappa shape index (κ1) is 32.3. The van der Waals surface area contributed by atoms with Crippen LogP contribution < -0.4 is 20.7 Å². The monoisotopic (exact) mass is 626 g/mol. The number of rotatable bonds is 8. The lowest BCUT2D eigenvalue weighted by atomic mass is 9.75. The molecular weight excluding hydrogens is 576 g/mol. The number of amides is 1. The highest BCUT2D eigenvalue weighted by molar-refractivity contribution is 5.99. The van der Waals surface area contributed by atoms with E-state index in [-0.39, 0.29) is 23.4 Å². The summed E-state index contributed by atoms with van der Waals surface area (Å²) < 4.78 is 11.5. The van der Waals surface area contributed by atoms with Gasteiger partial charge in [0.1, 0.15) is 0 Å². The molecule has 0 bridgehead atoms. The summed E-state index contributed by atoms with van der Waals surface area (Å²) in [6, 6.07) is 13.9. The lowest BCUT2D eigenvalue weighted by molar-refractivity contribution is 0.0550. The van der Waals surface area contributed by atoms with Gasteiger partial charge in [-0.2, -0.15) is 0 Å². The van der Waals surface area contributed by atoms with Crippen molar-refractivity contribution in [1.82, 2.24) is 10.3 Å². The van der Waals surface area contributed by atoms with Crippen LogP contribution >= 0.6 is 0 Å². The molecule has 2 N–H and O–H groups in total. The summed E-state index contributed by atoms with van der Waals surface area (Å²) in [7, 11) is 0. The fourth-order valence-electron chi connectivity index (χ4n) is 7.93. The highest BCUT2D eigenvalue weighted by Crippen LogP contribution is 2.49. The maximum Gasteiger partial charge on any atom is 0.253 e. The molecule has 3 aliphatic heterocycles. The van der Waals surface area contributed by atoms with Gasteiger partial charge in [0.15, 0.2) is 0 Å². The lowest BCUT2D eigenvalue weighted by Crippen LogP contribution is -2.40. The summed E-state index contributed by atoms with van der Waals surface area (Å²) in [6.07, 6.45) is 4.01. The van der Waals surface area contributed by atoms with E-state index in [1.165, 1.54) is 11.3 Å². The van der Waals surface area contributed by atoms with Crippen LogP contribution in [0.5, 0.6) is 0 Å². The molecule has 246 valence electrons. The Bertz CT molecular complexity index is 1650. The van der Waals surface area contributed by atoms with E-state index in [0.717, 1.165) is 98.8 Å². The average molecular weight is 627 g/mol. The van der Waals surface area contributed by atoms with E-state index in [1.807, 2.05) is 26.0 Å². The number of ether oxygens (including phenoxy) is 2. The molecule has 2 saturated heterocycles. The van der Waals surface area contributed by atoms with Crippen LogP contribution in [-0.2, 0) is 21.4 Å². The van der Waals surface area contributed by atoms with Gasteiger partial charge in [-0.05, 0) is 119 Å². The van der Waals surface area contributed by atoms with Crippen LogP contribution in [-0.4, -0.2) is 62.5 Å². The Morgan fingerprint density at radius 2 is 1.74 bits per heavy atom. The highest BCUT2D eigenvalue weighted by Gasteiger charge is 2.44. The van der Waals surface area contributed by atoms with Gasteiger partial charge in [-0.3, -0.25) is 9.59 Å². The average Bonchev–Trinajstić information content (AvgIpc) is 3.35. The standard InChI is InChI=1S/C38H50N4O4/c1-7-41(30-10-14-45-15-11-30)34-21-29(19-31(27(34)6)36(43)39-22-32-25(4)18-26(5)40-37(32)44)28-8-9-33-35(20-28)42(24(2)3)23-38(33)12-16-46-17-13-38/h8-9,18-21,24,30H,7,10-17,22-23H2,1-6H3,(H,39,43)(H,40,44). The summed E-state index contributed by atoms with van der Waals surface area (Å²) in [5.41, 5.74) is 9.79. The van der Waals surface area contributed by atoms with Gasteiger partial charge in [0.05, 0.1) is 0 Å². The second-order valence-electron chi connectivity index (χ2n) is 13.8. The normalized spacial score (nSPS) is 17.8. The van der Waals surface area contributed by atoms with Crippen LogP contribution in [0, 0.1) is 20.8 Å². The van der Waals surface area contributed by atoms with Crippen molar-refractivity contribution in [2.45, 2.75) is 91.3 Å². The van der Waals surface area contributed by atoms with Crippen molar-refractivity contribution in [2.24, 2.45) is 0 Å². The summed E-state index contributed by atoms with van der Waals surface area (Å²) in [4.78, 5) is 34.6. The van der Waals surface area contributed by atoms with Crippen LogP contribution in [0.2, 0.25) is 0 Å². The van der Waals surface area contributed by atoms with Gasteiger partial charge in [0.25, 0.3) is 11.5 Å². The Morgan fingerprint density at radius 3 is 2.41 bits per heavy atom. The number of anilines is 2. The Kier molecular flexibility index (Phi) is 9.31. The number of carbonyl (C=O) groups is 1. The van der Waals surface area contributed by atoms with Crippen LogP contribution in [0.15, 0.2) is 41.2 Å². The maximum atomic E-state index is 14.0. The van der Waals surface area contributed by atoms with E-state index in [2.05, 4.69) is 72.1 Å². The minimum atomic E-state index is -0.172. The Labute approximate surface area is 273 Å². The summed E-state index contributed by atoms with van der Waals surface area (Å²) in [5.74, 6) is -0.172. The fourth-order valence-corrected chi connectivity index (χ4v) is 7.93. The quantitative estimate of drug-likeness (QED) is 0.311. The fraction of sp³-hybridized carbons (Fsp3) is 0.526. The lowest BCUT2D eigenvalue weighted by Gasteiger charge is -2.37. The number of benzene rings is 2. The largest absolute Gasteiger partial charge is 0.381 e. The molecule has 0 radical (unpaired) electrons. The Morgan fingerprint density at radius 1 is 1.02 bits per heavy atom. The predicted molar refractivity (Wildman–Crippen MR) is 185 cm³/mol. The summed E-state index contributed by atoms with van der Waals surface area (Å²) in [5, 5.41) is 3.08. The Balaban J connectivity index is 1.42. The third kappa shape index (κ3) is 6.09. The van der Waals surface area contributed by atoms with Crippen LogP contribution in [0.3, 0.4) is 0 Å². The number of pyridine rings is 1. The van der Waals surface area contributed by atoms with Crippen molar-refractivity contribution in [3.63, 3.8) is 0 Å². The van der Waals surface area contributed by atoms with E-state index in [4.69, 9.17) is 9.47 Å². The van der Waals surface area contributed by atoms with E-state index in [1.54, 1.807) is 0 Å². The number of H-pyrrole nitrogens is 1. The van der Waals surface area contributed by atoms with Gasteiger partial charge in [0.2, 0.25) is 0 Å². The van der Waals surface area contributed by atoms with Gasteiger partial charge in [-0.1, -0.05) is 12.1 Å². The van der Waals surface area contributed by atoms with Crippen molar-refractivity contribution in [1.29, 1.82) is 0 Å². The van der Waals surface area contributed by atoms with Crippen LogP contribution in [0.1, 0.15) is 84.8 Å². The first-order valence-electron chi connectivity index (χ1n) is 17.1. The van der Waals surface area contributed by atoms with Gasteiger partial charge in [0, 0.05) is 91.8 Å². The molecule has 4 heterocycles. The molecule has 3 aromatic rings. The second kappa shape index (κ2) is 13.2. The number of nitrogens with zero attached hydrogens (tertiary/aromatic N) is 2. The van der Waals surface area contributed by atoms with Gasteiger partial charge >= 0.3 is 0 Å². The number of aromatic nitrogens is 1. The maximum absolute atomic E-state index is 14.0. The predicted octanol–water partition coefficient (Wildman–Crippen LogP) is 6.18. The third-order valence-electron chi connectivity index (χ3n) is 10.6. The smallest absolute Gasteiger partial charge is 0.253 e. The molecule has 0 aliphatic carbocycles. The number of hydrogen-bond donors (Lipinski definition) is 2. The van der Waals surface area contributed by atoms with E-state index in [9.17, 15) is 9.59 Å². The first-order valence-corrected chi connectivity index (χ1v) is 17.1. The molecular formula is C38H50N4O4. The molecule has 0 unspecified atom stereocenters. The minimum Gasteiger partial charge on any atom is -0.381 e. The Hall–Kier alpha value is -3.62. The molecule has 0 saturated carbocycles. The number of hydrogen-bond acceptors (Lipinski definition) is 6. The molecule has 2 fully saturated rings. The third-order valence-corrected chi connectivity index (χ3v) is 10.6. The molecule has 8 nitrogen and oxygen atoms in total. The first-order chi connectivity index (χ1) is 22.1. The molecule has 1 aromatic heterocycles.